The lowest BCUT2D eigenvalue weighted by molar-refractivity contribution is 0.0266. The van der Waals surface area contributed by atoms with Crippen molar-refractivity contribution in [3.63, 3.8) is 0 Å². The lowest BCUT2D eigenvalue weighted by atomic mass is 10.0. The highest BCUT2D eigenvalue weighted by molar-refractivity contribution is 5.95. The van der Waals surface area contributed by atoms with E-state index in [4.69, 9.17) is 4.42 Å². The van der Waals surface area contributed by atoms with Gasteiger partial charge in [0.05, 0.1) is 31.1 Å². The molecule has 0 aromatic carbocycles. The lowest BCUT2D eigenvalue weighted by Crippen LogP contribution is -2.39. The van der Waals surface area contributed by atoms with E-state index >= 15 is 0 Å². The first-order valence-electron chi connectivity index (χ1n) is 7.53. The SMILES string of the molecule is CCCc1occc1C(=O)N1CCC(O)(Cn2ccnn2)C1. The van der Waals surface area contributed by atoms with E-state index < -0.39 is 5.60 Å². The standard InChI is InChI=1S/C15H20N4O3/c1-2-3-13-12(4-9-22-13)14(20)18-7-5-15(21,10-18)11-19-8-6-16-17-19/h4,6,8-9,21H,2-3,5,7,10-11H2,1H3. The van der Waals surface area contributed by atoms with Crippen molar-refractivity contribution in [1.82, 2.24) is 19.9 Å². The third-order valence-electron chi connectivity index (χ3n) is 4.00. The summed E-state index contributed by atoms with van der Waals surface area (Å²) in [5.74, 6) is 0.644. The Morgan fingerprint density at radius 1 is 1.55 bits per heavy atom. The molecule has 1 unspecified atom stereocenters. The van der Waals surface area contributed by atoms with Gasteiger partial charge in [-0.1, -0.05) is 12.1 Å². The molecule has 1 amide bonds. The normalized spacial score (nSPS) is 21.5. The molecule has 1 aliphatic rings. The van der Waals surface area contributed by atoms with Crippen molar-refractivity contribution in [2.24, 2.45) is 0 Å². The number of rotatable bonds is 5. The topological polar surface area (TPSA) is 84.4 Å². The van der Waals surface area contributed by atoms with E-state index in [-0.39, 0.29) is 5.91 Å². The zero-order valence-corrected chi connectivity index (χ0v) is 12.6. The van der Waals surface area contributed by atoms with Crippen LogP contribution in [-0.2, 0) is 13.0 Å². The second-order valence-electron chi connectivity index (χ2n) is 5.81. The van der Waals surface area contributed by atoms with Crippen LogP contribution in [0.1, 0.15) is 35.9 Å². The second-order valence-corrected chi connectivity index (χ2v) is 5.81. The lowest BCUT2D eigenvalue weighted by Gasteiger charge is -2.23. The summed E-state index contributed by atoms with van der Waals surface area (Å²) in [5.41, 5.74) is -0.357. The minimum Gasteiger partial charge on any atom is -0.469 e. The summed E-state index contributed by atoms with van der Waals surface area (Å²) in [5, 5.41) is 18.2. The molecular formula is C15H20N4O3. The molecule has 0 radical (unpaired) electrons. The van der Waals surface area contributed by atoms with Gasteiger partial charge in [0.15, 0.2) is 0 Å². The molecule has 1 fully saturated rings. The Kier molecular flexibility index (Phi) is 3.98. The molecule has 2 aromatic rings. The van der Waals surface area contributed by atoms with E-state index in [9.17, 15) is 9.90 Å². The maximum Gasteiger partial charge on any atom is 0.257 e. The maximum absolute atomic E-state index is 12.6. The summed E-state index contributed by atoms with van der Waals surface area (Å²) < 4.78 is 6.98. The third-order valence-corrected chi connectivity index (χ3v) is 4.00. The van der Waals surface area contributed by atoms with Crippen molar-refractivity contribution in [3.05, 3.63) is 36.0 Å². The number of furan rings is 1. The molecule has 1 N–H and O–H groups in total. The van der Waals surface area contributed by atoms with Crippen molar-refractivity contribution in [2.75, 3.05) is 13.1 Å². The first-order valence-corrected chi connectivity index (χ1v) is 7.53. The van der Waals surface area contributed by atoms with E-state index in [1.807, 2.05) is 6.92 Å². The van der Waals surface area contributed by atoms with Crippen LogP contribution in [0.5, 0.6) is 0 Å². The van der Waals surface area contributed by atoms with Crippen LogP contribution in [0.3, 0.4) is 0 Å². The molecule has 118 valence electrons. The van der Waals surface area contributed by atoms with Gasteiger partial charge in [0.1, 0.15) is 11.4 Å². The van der Waals surface area contributed by atoms with Crippen molar-refractivity contribution >= 4 is 5.91 Å². The molecule has 3 heterocycles. The maximum atomic E-state index is 12.6. The average Bonchev–Trinajstić information content (AvgIpc) is 3.20. The van der Waals surface area contributed by atoms with E-state index in [0.29, 0.717) is 31.6 Å². The number of aryl methyl sites for hydroxylation is 1. The van der Waals surface area contributed by atoms with E-state index in [1.165, 1.54) is 0 Å². The molecular weight excluding hydrogens is 284 g/mol. The van der Waals surface area contributed by atoms with Gasteiger partial charge in [-0.2, -0.15) is 0 Å². The number of amides is 1. The Balaban J connectivity index is 1.69. The van der Waals surface area contributed by atoms with Gasteiger partial charge in [0.2, 0.25) is 0 Å². The molecule has 7 nitrogen and oxygen atoms in total. The number of hydrogen-bond acceptors (Lipinski definition) is 5. The number of nitrogens with zero attached hydrogens (tertiary/aromatic N) is 4. The fourth-order valence-electron chi connectivity index (χ4n) is 2.90. The molecule has 0 bridgehead atoms. The van der Waals surface area contributed by atoms with Gasteiger partial charge in [-0.05, 0) is 18.9 Å². The molecule has 0 saturated carbocycles. The predicted molar refractivity (Wildman–Crippen MR) is 78.2 cm³/mol. The predicted octanol–water partition coefficient (Wildman–Crippen LogP) is 1.10. The molecule has 0 aliphatic carbocycles. The van der Waals surface area contributed by atoms with Crippen LogP contribution in [0.2, 0.25) is 0 Å². The number of carbonyl (C=O) groups excluding carboxylic acids is 1. The number of hydrogen-bond donors (Lipinski definition) is 1. The Hall–Kier alpha value is -2.15. The highest BCUT2D eigenvalue weighted by Crippen LogP contribution is 2.26. The molecule has 1 saturated heterocycles. The van der Waals surface area contributed by atoms with Crippen molar-refractivity contribution in [3.8, 4) is 0 Å². The van der Waals surface area contributed by atoms with Crippen LogP contribution >= 0.6 is 0 Å². The van der Waals surface area contributed by atoms with Crippen LogP contribution in [0, 0.1) is 0 Å². The average molecular weight is 304 g/mol. The largest absolute Gasteiger partial charge is 0.469 e. The number of carbonyl (C=O) groups is 1. The zero-order valence-electron chi connectivity index (χ0n) is 12.6. The number of aliphatic hydroxyl groups is 1. The minimum absolute atomic E-state index is 0.0771. The van der Waals surface area contributed by atoms with E-state index in [1.54, 1.807) is 34.3 Å². The molecule has 1 aliphatic heterocycles. The van der Waals surface area contributed by atoms with Crippen LogP contribution < -0.4 is 0 Å². The van der Waals surface area contributed by atoms with Crippen molar-refractivity contribution in [2.45, 2.75) is 38.3 Å². The summed E-state index contributed by atoms with van der Waals surface area (Å²) in [4.78, 5) is 14.3. The summed E-state index contributed by atoms with van der Waals surface area (Å²) in [6.07, 6.45) is 7.02. The minimum atomic E-state index is -0.960. The number of likely N-dealkylation sites (tertiary alicyclic amines) is 1. The van der Waals surface area contributed by atoms with Gasteiger partial charge in [0.25, 0.3) is 5.91 Å². The van der Waals surface area contributed by atoms with Crippen LogP contribution in [0.4, 0.5) is 0 Å². The third kappa shape index (κ3) is 2.89. The first-order chi connectivity index (χ1) is 10.6. The summed E-state index contributed by atoms with van der Waals surface area (Å²) >= 11 is 0. The highest BCUT2D eigenvalue weighted by Gasteiger charge is 2.39. The van der Waals surface area contributed by atoms with E-state index in [2.05, 4.69) is 10.3 Å². The molecule has 3 rings (SSSR count). The monoisotopic (exact) mass is 304 g/mol. The van der Waals surface area contributed by atoms with Crippen LogP contribution in [0.15, 0.2) is 29.1 Å². The molecule has 7 heteroatoms. The van der Waals surface area contributed by atoms with Gasteiger partial charge in [-0.15, -0.1) is 5.10 Å². The Bertz CT molecular complexity index is 637. The van der Waals surface area contributed by atoms with Gasteiger partial charge >= 0.3 is 0 Å². The number of β-amino-alcohol motifs (C(OH)–C–C–N with tert-alkyl or cyclic N) is 1. The zero-order chi connectivity index (χ0) is 15.6. The fourth-order valence-corrected chi connectivity index (χ4v) is 2.90. The summed E-state index contributed by atoms with van der Waals surface area (Å²) in [6.45, 7) is 3.21. The van der Waals surface area contributed by atoms with Crippen LogP contribution in [0.25, 0.3) is 0 Å². The van der Waals surface area contributed by atoms with Crippen molar-refractivity contribution < 1.29 is 14.3 Å². The number of aromatic nitrogens is 3. The molecule has 22 heavy (non-hydrogen) atoms. The second kappa shape index (κ2) is 5.92. The summed E-state index contributed by atoms with van der Waals surface area (Å²) in [7, 11) is 0. The van der Waals surface area contributed by atoms with E-state index in [0.717, 1.165) is 18.6 Å². The van der Waals surface area contributed by atoms with Crippen LogP contribution in [-0.4, -0.2) is 49.6 Å². The Morgan fingerprint density at radius 2 is 2.41 bits per heavy atom. The highest BCUT2D eigenvalue weighted by atomic mass is 16.3. The first kappa shape index (κ1) is 14.8. The molecule has 2 aromatic heterocycles. The van der Waals surface area contributed by atoms with Gasteiger partial charge in [-0.3, -0.25) is 4.79 Å². The van der Waals surface area contributed by atoms with Gasteiger partial charge in [-0.25, -0.2) is 4.68 Å². The summed E-state index contributed by atoms with van der Waals surface area (Å²) in [6, 6.07) is 1.71. The quantitative estimate of drug-likeness (QED) is 0.894. The Labute approximate surface area is 128 Å². The van der Waals surface area contributed by atoms with Crippen molar-refractivity contribution in [1.29, 1.82) is 0 Å². The van der Waals surface area contributed by atoms with Gasteiger partial charge < -0.3 is 14.4 Å². The molecule has 1 atom stereocenters. The van der Waals surface area contributed by atoms with Gasteiger partial charge in [0, 0.05) is 19.2 Å². The molecule has 0 spiro atoms. The Morgan fingerprint density at radius 3 is 3.14 bits per heavy atom. The fraction of sp³-hybridized carbons (Fsp3) is 0.533. The smallest absolute Gasteiger partial charge is 0.257 e.